The first-order chi connectivity index (χ1) is 16.9. The lowest BCUT2D eigenvalue weighted by molar-refractivity contribution is -0.766. The third kappa shape index (κ3) is 4.38. The Kier molecular flexibility index (Phi) is 6.45. The molecular weight excluding hydrogens is 478 g/mol. The number of carbonyl (C=O) groups is 2. The van der Waals surface area contributed by atoms with Crippen LogP contribution in [-0.4, -0.2) is 34.3 Å². The maximum Gasteiger partial charge on any atom is 0.357 e. The second kappa shape index (κ2) is 9.53. The first kappa shape index (κ1) is 23.7. The molecule has 1 aliphatic carbocycles. The van der Waals surface area contributed by atoms with Crippen LogP contribution >= 0.6 is 23.4 Å². The van der Waals surface area contributed by atoms with E-state index in [1.54, 1.807) is 18.2 Å². The maximum absolute atomic E-state index is 14.2. The van der Waals surface area contributed by atoms with Crippen LogP contribution in [-0.2, 0) is 0 Å². The van der Waals surface area contributed by atoms with Crippen molar-refractivity contribution in [2.24, 2.45) is 0 Å². The molecule has 1 saturated heterocycles. The van der Waals surface area contributed by atoms with Gasteiger partial charge >= 0.3 is 5.91 Å². The number of halogens is 1. The molecule has 2 heterocycles. The molecule has 0 radical (unpaired) electrons. The molecule has 2 aromatic rings. The molecule has 0 bridgehead atoms. The summed E-state index contributed by atoms with van der Waals surface area (Å²) in [5, 5.41) is 6.53. The van der Waals surface area contributed by atoms with Crippen molar-refractivity contribution >= 4 is 40.9 Å². The van der Waals surface area contributed by atoms with Crippen molar-refractivity contribution in [1.29, 1.82) is 0 Å². The van der Waals surface area contributed by atoms with E-state index >= 15 is 0 Å². The lowest BCUT2D eigenvalue weighted by Gasteiger charge is -2.41. The number of rotatable bonds is 3. The van der Waals surface area contributed by atoms with Crippen molar-refractivity contribution in [3.63, 3.8) is 0 Å². The third-order valence-corrected chi connectivity index (χ3v) is 7.86. The minimum atomic E-state index is -0.209. The molecule has 1 fully saturated rings. The lowest BCUT2D eigenvalue weighted by Crippen LogP contribution is -2.55. The van der Waals surface area contributed by atoms with Crippen molar-refractivity contribution in [2.45, 2.75) is 20.3 Å². The number of aryl methyl sites for hydroxylation is 2. The average Bonchev–Trinajstić information content (AvgIpc) is 3.01. The number of hydrogen-bond acceptors (Lipinski definition) is 4. The van der Waals surface area contributed by atoms with Gasteiger partial charge in [0.2, 0.25) is 0 Å². The van der Waals surface area contributed by atoms with Gasteiger partial charge < -0.3 is 10.6 Å². The fraction of sp³-hybridized carbons (Fsp3) is 0.214. The molecule has 178 valence electrons. The van der Waals surface area contributed by atoms with E-state index in [1.807, 2.05) is 62.3 Å². The molecule has 2 amide bonds. The van der Waals surface area contributed by atoms with Crippen molar-refractivity contribution in [1.82, 2.24) is 5.32 Å². The van der Waals surface area contributed by atoms with Gasteiger partial charge in [-0.25, -0.2) is 4.79 Å². The number of anilines is 1. The Hall–Kier alpha value is -3.06. The van der Waals surface area contributed by atoms with Gasteiger partial charge in [0.1, 0.15) is 12.2 Å². The van der Waals surface area contributed by atoms with Crippen LogP contribution in [0.5, 0.6) is 0 Å². The molecule has 1 unspecified atom stereocenters. The van der Waals surface area contributed by atoms with Gasteiger partial charge in [-0.2, -0.15) is 4.48 Å². The number of benzene rings is 2. The van der Waals surface area contributed by atoms with Crippen LogP contribution in [0.1, 0.15) is 38.3 Å². The van der Waals surface area contributed by atoms with Crippen molar-refractivity contribution in [2.75, 3.05) is 23.4 Å². The molecule has 35 heavy (non-hydrogen) atoms. The number of nitrogens with one attached hydrogen (secondary N) is 2. The van der Waals surface area contributed by atoms with Crippen LogP contribution in [0.3, 0.4) is 0 Å². The summed E-state index contributed by atoms with van der Waals surface area (Å²) in [6.07, 6.45) is 10.9. The van der Waals surface area contributed by atoms with Crippen LogP contribution in [0.4, 0.5) is 5.69 Å². The molecule has 1 atom stereocenters. The van der Waals surface area contributed by atoms with E-state index in [2.05, 4.69) is 22.8 Å². The summed E-state index contributed by atoms with van der Waals surface area (Å²) in [6.45, 7) is 4.59. The smallest absolute Gasteiger partial charge is 0.357 e. The van der Waals surface area contributed by atoms with E-state index in [-0.39, 0.29) is 16.3 Å². The Bertz CT molecular complexity index is 1340. The molecule has 0 aromatic heterocycles. The summed E-state index contributed by atoms with van der Waals surface area (Å²) in [5.41, 5.74) is 6.76. The van der Waals surface area contributed by atoms with Crippen LogP contribution in [0, 0.1) is 13.8 Å². The number of nitrogens with zero attached hydrogens (tertiary/aromatic N) is 1. The highest BCUT2D eigenvalue weighted by atomic mass is 35.5. The highest BCUT2D eigenvalue weighted by Gasteiger charge is 2.50. The third-order valence-electron chi connectivity index (χ3n) is 6.57. The van der Waals surface area contributed by atoms with Gasteiger partial charge in [0.25, 0.3) is 5.91 Å². The minimum absolute atomic E-state index is 0.0510. The van der Waals surface area contributed by atoms with Crippen LogP contribution < -0.4 is 10.6 Å². The SMILES string of the molecule is Cc1cc(C)cc(C(=O)Nc2ccc(C(=O)[N+]34CCSCC3=CNC=C3CC=CC=C34)c(Cl)c2)c1. The molecule has 2 N–H and O–H groups in total. The monoisotopic (exact) mass is 504 g/mol. The molecule has 2 aliphatic heterocycles. The van der Waals surface area contributed by atoms with Crippen molar-refractivity contribution in [3.8, 4) is 0 Å². The fourth-order valence-electron chi connectivity index (χ4n) is 4.99. The maximum atomic E-state index is 14.2. The summed E-state index contributed by atoms with van der Waals surface area (Å²) in [7, 11) is 0. The van der Waals surface area contributed by atoms with Crippen molar-refractivity contribution in [3.05, 3.63) is 111 Å². The van der Waals surface area contributed by atoms with Gasteiger partial charge in [-0.3, -0.25) is 4.79 Å². The molecule has 3 aliphatic rings. The van der Waals surface area contributed by atoms with E-state index in [9.17, 15) is 9.59 Å². The zero-order valence-corrected chi connectivity index (χ0v) is 21.3. The molecular formula is C28H27ClN3O2S+. The van der Waals surface area contributed by atoms with E-state index < -0.39 is 0 Å². The zero-order chi connectivity index (χ0) is 24.6. The molecule has 5 rings (SSSR count). The van der Waals surface area contributed by atoms with Gasteiger partial charge in [0.05, 0.1) is 22.5 Å². The van der Waals surface area contributed by atoms with Gasteiger partial charge in [-0.05, 0) is 50.6 Å². The Morgan fingerprint density at radius 2 is 1.89 bits per heavy atom. The second-order valence-electron chi connectivity index (χ2n) is 9.07. The normalized spacial score (nSPS) is 20.8. The van der Waals surface area contributed by atoms with Crippen LogP contribution in [0.2, 0.25) is 5.02 Å². The number of fused-ring (bicyclic) bond motifs is 3. The molecule has 2 aromatic carbocycles. The standard InChI is InChI=1S/C28H26ClN3O2S/c1-18-11-19(2)13-21(12-18)27(33)31-22-7-8-24(25(29)14-22)28(34)32-9-10-35-17-23(32)16-30-15-20-5-3-4-6-26(20)32/h3-4,6-8,11-16,30H,5,9-10,17H2,1-2H3/p+1. The molecule has 0 saturated carbocycles. The second-order valence-corrected chi connectivity index (χ2v) is 10.6. The largest absolute Gasteiger partial charge is 0.363 e. The van der Waals surface area contributed by atoms with E-state index in [4.69, 9.17) is 11.6 Å². The topological polar surface area (TPSA) is 58.2 Å². The van der Waals surface area contributed by atoms with Gasteiger partial charge in [-0.1, -0.05) is 40.9 Å². The first-order valence-corrected chi connectivity index (χ1v) is 13.1. The van der Waals surface area contributed by atoms with Crippen LogP contribution in [0.15, 0.2) is 84.0 Å². The Balaban J connectivity index is 1.48. The van der Waals surface area contributed by atoms with Gasteiger partial charge in [-0.15, -0.1) is 11.8 Å². The molecule has 7 heteroatoms. The number of quaternary nitrogens is 1. The number of allylic oxidation sites excluding steroid dienone is 4. The lowest BCUT2D eigenvalue weighted by atomic mass is 9.99. The Morgan fingerprint density at radius 3 is 2.66 bits per heavy atom. The quantitative estimate of drug-likeness (QED) is 0.497. The predicted molar refractivity (Wildman–Crippen MR) is 143 cm³/mol. The van der Waals surface area contributed by atoms with Gasteiger partial charge in [0, 0.05) is 34.9 Å². The summed E-state index contributed by atoms with van der Waals surface area (Å²) in [4.78, 5) is 27.1. The summed E-state index contributed by atoms with van der Waals surface area (Å²) in [6, 6.07) is 10.9. The predicted octanol–water partition coefficient (Wildman–Crippen LogP) is 6.09. The fourth-order valence-corrected chi connectivity index (χ4v) is 6.31. The Morgan fingerprint density at radius 1 is 1.09 bits per heavy atom. The van der Waals surface area contributed by atoms with E-state index in [0.717, 1.165) is 46.0 Å². The number of carbonyl (C=O) groups excluding carboxylic acids is 2. The zero-order valence-electron chi connectivity index (χ0n) is 19.7. The highest BCUT2D eigenvalue weighted by Crippen LogP contribution is 2.42. The number of thioether (sulfide) groups is 1. The number of hydrogen-bond donors (Lipinski definition) is 2. The summed E-state index contributed by atoms with van der Waals surface area (Å²) < 4.78 is 0.143. The van der Waals surface area contributed by atoms with Crippen molar-refractivity contribution < 1.29 is 14.1 Å². The number of amides is 2. The minimum Gasteiger partial charge on any atom is -0.363 e. The first-order valence-electron chi connectivity index (χ1n) is 11.6. The van der Waals surface area contributed by atoms with E-state index in [1.165, 1.54) is 0 Å². The Labute approximate surface area is 214 Å². The summed E-state index contributed by atoms with van der Waals surface area (Å²) >= 11 is 8.53. The molecule has 0 spiro atoms. The van der Waals surface area contributed by atoms with E-state index in [0.29, 0.717) is 28.4 Å². The summed E-state index contributed by atoms with van der Waals surface area (Å²) in [5.74, 6) is 1.38. The highest BCUT2D eigenvalue weighted by molar-refractivity contribution is 7.99. The van der Waals surface area contributed by atoms with Crippen LogP contribution in [0.25, 0.3) is 0 Å². The average molecular weight is 505 g/mol. The van der Waals surface area contributed by atoms with Gasteiger partial charge in [0.15, 0.2) is 5.70 Å². The molecule has 5 nitrogen and oxygen atoms in total.